The van der Waals surface area contributed by atoms with Crippen LogP contribution < -0.4 is 5.32 Å². The van der Waals surface area contributed by atoms with Crippen LogP contribution in [-0.4, -0.2) is 32.4 Å². The van der Waals surface area contributed by atoms with Crippen LogP contribution in [0.4, 0.5) is 0 Å². The van der Waals surface area contributed by atoms with Gasteiger partial charge in [0.2, 0.25) is 5.91 Å². The first-order valence-corrected chi connectivity index (χ1v) is 8.83. The van der Waals surface area contributed by atoms with Crippen molar-refractivity contribution in [2.24, 2.45) is 5.92 Å². The Morgan fingerprint density at radius 1 is 1.22 bits per heavy atom. The summed E-state index contributed by atoms with van der Waals surface area (Å²) in [4.78, 5) is 11.5. The number of nitrogens with one attached hydrogen (secondary N) is 1. The molecule has 1 aliphatic heterocycles. The average molecular weight is 275 g/mol. The second-order valence-electron chi connectivity index (χ2n) is 5.24. The van der Waals surface area contributed by atoms with E-state index in [1.165, 1.54) is 19.3 Å². The second-order valence-corrected chi connectivity index (χ2v) is 7.47. The zero-order chi connectivity index (χ0) is 13.4. The van der Waals surface area contributed by atoms with Gasteiger partial charge in [-0.25, -0.2) is 8.42 Å². The number of rotatable bonds is 8. The molecule has 1 fully saturated rings. The Hall–Kier alpha value is -0.580. The van der Waals surface area contributed by atoms with Crippen molar-refractivity contribution < 1.29 is 13.2 Å². The Bertz CT molecular complexity index is 351. The highest BCUT2D eigenvalue weighted by Crippen LogP contribution is 2.17. The number of hydrogen-bond donors (Lipinski definition) is 1. The van der Waals surface area contributed by atoms with Crippen molar-refractivity contribution in [1.82, 2.24) is 5.32 Å². The van der Waals surface area contributed by atoms with Gasteiger partial charge in [0.05, 0.1) is 11.5 Å². The molecule has 1 atom stereocenters. The van der Waals surface area contributed by atoms with Crippen LogP contribution in [0.2, 0.25) is 0 Å². The van der Waals surface area contributed by atoms with E-state index in [9.17, 15) is 13.2 Å². The lowest BCUT2D eigenvalue weighted by Gasteiger charge is -2.09. The van der Waals surface area contributed by atoms with Crippen LogP contribution in [0.15, 0.2) is 0 Å². The first-order chi connectivity index (χ1) is 8.53. The molecule has 0 radical (unpaired) electrons. The van der Waals surface area contributed by atoms with Crippen molar-refractivity contribution in [3.05, 3.63) is 0 Å². The van der Waals surface area contributed by atoms with Crippen LogP contribution in [-0.2, 0) is 14.6 Å². The number of hydrogen-bond acceptors (Lipinski definition) is 3. The molecule has 0 saturated carbocycles. The molecular weight excluding hydrogens is 250 g/mol. The molecule has 5 heteroatoms. The Labute approximate surface area is 110 Å². The molecule has 18 heavy (non-hydrogen) atoms. The third-order valence-electron chi connectivity index (χ3n) is 3.42. The third kappa shape index (κ3) is 6.38. The summed E-state index contributed by atoms with van der Waals surface area (Å²) in [7, 11) is -2.82. The number of sulfone groups is 1. The minimum absolute atomic E-state index is 0.0656. The van der Waals surface area contributed by atoms with Crippen LogP contribution in [0.1, 0.15) is 51.9 Å². The van der Waals surface area contributed by atoms with Crippen molar-refractivity contribution in [3.63, 3.8) is 0 Å². The van der Waals surface area contributed by atoms with E-state index in [0.29, 0.717) is 19.4 Å². The van der Waals surface area contributed by atoms with Crippen LogP contribution in [0.3, 0.4) is 0 Å². The van der Waals surface area contributed by atoms with E-state index in [2.05, 4.69) is 12.2 Å². The summed E-state index contributed by atoms with van der Waals surface area (Å²) in [5.74, 6) is 0.712. The van der Waals surface area contributed by atoms with Gasteiger partial charge in [-0.05, 0) is 18.8 Å². The van der Waals surface area contributed by atoms with E-state index < -0.39 is 9.84 Å². The molecule has 0 aromatic heterocycles. The third-order valence-corrected chi connectivity index (χ3v) is 5.26. The molecule has 1 aliphatic rings. The molecule has 1 heterocycles. The van der Waals surface area contributed by atoms with Gasteiger partial charge in [0.15, 0.2) is 9.84 Å². The van der Waals surface area contributed by atoms with Gasteiger partial charge in [0.1, 0.15) is 0 Å². The molecule has 4 nitrogen and oxygen atoms in total. The predicted molar refractivity (Wildman–Crippen MR) is 73.1 cm³/mol. The summed E-state index contributed by atoms with van der Waals surface area (Å²) in [5, 5.41) is 2.85. The van der Waals surface area contributed by atoms with Gasteiger partial charge in [-0.2, -0.15) is 0 Å². The standard InChI is InChI=1S/C13H25NO3S/c1-2-3-4-5-6-7-13(15)14-10-12-8-9-18(16,17)11-12/h12H,2-11H2,1H3,(H,14,15). The topological polar surface area (TPSA) is 63.2 Å². The first kappa shape index (κ1) is 15.5. The van der Waals surface area contributed by atoms with Crippen molar-refractivity contribution in [2.75, 3.05) is 18.1 Å². The lowest BCUT2D eigenvalue weighted by Crippen LogP contribution is -2.29. The molecule has 0 aromatic rings. The Morgan fingerprint density at radius 2 is 1.94 bits per heavy atom. The predicted octanol–water partition coefficient (Wildman–Crippen LogP) is 1.90. The smallest absolute Gasteiger partial charge is 0.220 e. The second kappa shape index (κ2) is 7.77. The van der Waals surface area contributed by atoms with E-state index >= 15 is 0 Å². The summed E-state index contributed by atoms with van der Waals surface area (Å²) in [6.07, 6.45) is 6.96. The molecule has 0 spiro atoms. The summed E-state index contributed by atoms with van der Waals surface area (Å²) in [6, 6.07) is 0. The number of carbonyl (C=O) groups excluding carboxylic acids is 1. The lowest BCUT2D eigenvalue weighted by molar-refractivity contribution is -0.121. The van der Waals surface area contributed by atoms with Gasteiger partial charge in [-0.1, -0.05) is 32.6 Å². The van der Waals surface area contributed by atoms with E-state index in [0.717, 1.165) is 12.8 Å². The SMILES string of the molecule is CCCCCCCC(=O)NCC1CCS(=O)(=O)C1. The van der Waals surface area contributed by atoms with Crippen molar-refractivity contribution in [2.45, 2.75) is 51.9 Å². The van der Waals surface area contributed by atoms with Gasteiger partial charge in [0.25, 0.3) is 0 Å². The lowest BCUT2D eigenvalue weighted by atomic mass is 10.1. The molecule has 0 bridgehead atoms. The monoisotopic (exact) mass is 275 g/mol. The fraction of sp³-hybridized carbons (Fsp3) is 0.923. The van der Waals surface area contributed by atoms with Crippen molar-refractivity contribution in [3.8, 4) is 0 Å². The Kier molecular flexibility index (Phi) is 6.68. The van der Waals surface area contributed by atoms with E-state index in [4.69, 9.17) is 0 Å². The summed E-state index contributed by atoms with van der Waals surface area (Å²) >= 11 is 0. The number of amides is 1. The van der Waals surface area contributed by atoms with Crippen LogP contribution >= 0.6 is 0 Å². The molecule has 106 valence electrons. The quantitative estimate of drug-likeness (QED) is 0.688. The van der Waals surface area contributed by atoms with Gasteiger partial charge in [-0.15, -0.1) is 0 Å². The summed E-state index contributed by atoms with van der Waals surface area (Å²) in [5.41, 5.74) is 0. The average Bonchev–Trinajstić information content (AvgIpc) is 2.66. The molecule has 1 amide bonds. The minimum Gasteiger partial charge on any atom is -0.356 e. The molecule has 1 rings (SSSR count). The van der Waals surface area contributed by atoms with Crippen molar-refractivity contribution in [1.29, 1.82) is 0 Å². The minimum atomic E-state index is -2.82. The highest BCUT2D eigenvalue weighted by atomic mass is 32.2. The Morgan fingerprint density at radius 3 is 2.56 bits per heavy atom. The van der Waals surface area contributed by atoms with Crippen LogP contribution in [0.25, 0.3) is 0 Å². The number of carbonyl (C=O) groups is 1. The molecule has 0 aromatic carbocycles. The maximum absolute atomic E-state index is 11.5. The zero-order valence-corrected chi connectivity index (χ0v) is 12.1. The van der Waals surface area contributed by atoms with E-state index in [1.807, 2.05) is 0 Å². The number of unbranched alkanes of at least 4 members (excludes halogenated alkanes) is 4. The highest BCUT2D eigenvalue weighted by Gasteiger charge is 2.27. The van der Waals surface area contributed by atoms with Gasteiger partial charge in [0, 0.05) is 13.0 Å². The maximum Gasteiger partial charge on any atom is 0.220 e. The van der Waals surface area contributed by atoms with E-state index in [-0.39, 0.29) is 23.3 Å². The van der Waals surface area contributed by atoms with E-state index in [1.54, 1.807) is 0 Å². The Balaban J connectivity index is 2.04. The van der Waals surface area contributed by atoms with Gasteiger partial charge >= 0.3 is 0 Å². The highest BCUT2D eigenvalue weighted by molar-refractivity contribution is 7.91. The molecular formula is C13H25NO3S. The van der Waals surface area contributed by atoms with Crippen LogP contribution in [0.5, 0.6) is 0 Å². The van der Waals surface area contributed by atoms with Gasteiger partial charge in [-0.3, -0.25) is 4.79 Å². The summed E-state index contributed by atoms with van der Waals surface area (Å²) < 4.78 is 22.5. The molecule has 1 unspecified atom stereocenters. The fourth-order valence-corrected chi connectivity index (χ4v) is 4.13. The zero-order valence-electron chi connectivity index (χ0n) is 11.3. The first-order valence-electron chi connectivity index (χ1n) is 7.00. The largest absolute Gasteiger partial charge is 0.356 e. The normalized spacial score (nSPS) is 21.9. The van der Waals surface area contributed by atoms with Crippen molar-refractivity contribution >= 4 is 15.7 Å². The van der Waals surface area contributed by atoms with Gasteiger partial charge < -0.3 is 5.32 Å². The summed E-state index contributed by atoms with van der Waals surface area (Å²) in [6.45, 7) is 2.69. The maximum atomic E-state index is 11.5. The van der Waals surface area contributed by atoms with Crippen LogP contribution in [0, 0.1) is 5.92 Å². The molecule has 1 saturated heterocycles. The fourth-order valence-electron chi connectivity index (χ4n) is 2.27. The molecule has 1 N–H and O–H groups in total. The molecule has 0 aliphatic carbocycles.